The third-order valence-corrected chi connectivity index (χ3v) is 3.44. The summed E-state index contributed by atoms with van der Waals surface area (Å²) in [6.45, 7) is 8.60. The molecular weight excluding hydrogens is 249 g/mol. The van der Waals surface area contributed by atoms with Crippen molar-refractivity contribution >= 4 is 11.6 Å². The standard InChI is InChI=1S/C15H23ClFN/c1-4-12(10-18-9-11(2)3)7-13-5-6-14(17)8-15(13)16/h5-6,8,11-12,18H,4,7,9-10H2,1-3H3. The van der Waals surface area contributed by atoms with Gasteiger partial charge < -0.3 is 5.32 Å². The Morgan fingerprint density at radius 2 is 2.00 bits per heavy atom. The lowest BCUT2D eigenvalue weighted by Gasteiger charge is -2.17. The summed E-state index contributed by atoms with van der Waals surface area (Å²) >= 11 is 6.05. The molecule has 1 nitrogen and oxygen atoms in total. The lowest BCUT2D eigenvalue weighted by Crippen LogP contribution is -2.27. The van der Waals surface area contributed by atoms with Crippen LogP contribution < -0.4 is 5.32 Å². The van der Waals surface area contributed by atoms with E-state index in [2.05, 4.69) is 26.1 Å². The Labute approximate surface area is 115 Å². The maximum atomic E-state index is 13.0. The van der Waals surface area contributed by atoms with E-state index in [9.17, 15) is 4.39 Å². The van der Waals surface area contributed by atoms with Gasteiger partial charge in [0.05, 0.1) is 0 Å². The van der Waals surface area contributed by atoms with Gasteiger partial charge in [-0.05, 0) is 49.0 Å². The van der Waals surface area contributed by atoms with Crippen molar-refractivity contribution in [3.63, 3.8) is 0 Å². The lowest BCUT2D eigenvalue weighted by atomic mass is 9.96. The minimum Gasteiger partial charge on any atom is -0.316 e. The van der Waals surface area contributed by atoms with Gasteiger partial charge in [-0.25, -0.2) is 4.39 Å². The molecule has 0 aliphatic rings. The number of rotatable bonds is 7. The van der Waals surface area contributed by atoms with Gasteiger partial charge >= 0.3 is 0 Å². The van der Waals surface area contributed by atoms with Crippen molar-refractivity contribution in [2.75, 3.05) is 13.1 Å². The highest BCUT2D eigenvalue weighted by Gasteiger charge is 2.10. The van der Waals surface area contributed by atoms with E-state index in [1.165, 1.54) is 12.1 Å². The molecule has 0 aromatic heterocycles. The summed E-state index contributed by atoms with van der Waals surface area (Å²) in [4.78, 5) is 0. The molecule has 102 valence electrons. The van der Waals surface area contributed by atoms with Gasteiger partial charge in [0.15, 0.2) is 0 Å². The van der Waals surface area contributed by atoms with Crippen molar-refractivity contribution in [2.45, 2.75) is 33.6 Å². The van der Waals surface area contributed by atoms with Crippen LogP contribution in [0.3, 0.4) is 0 Å². The molecule has 18 heavy (non-hydrogen) atoms. The first-order chi connectivity index (χ1) is 8.52. The normalized spacial score (nSPS) is 13.0. The van der Waals surface area contributed by atoms with Crippen LogP contribution in [-0.2, 0) is 6.42 Å². The zero-order valence-electron chi connectivity index (χ0n) is 11.5. The Hall–Kier alpha value is -0.600. The van der Waals surface area contributed by atoms with Gasteiger partial charge in [0, 0.05) is 5.02 Å². The predicted molar refractivity (Wildman–Crippen MR) is 76.6 cm³/mol. The summed E-state index contributed by atoms with van der Waals surface area (Å²) in [5.74, 6) is 0.943. The fourth-order valence-corrected chi connectivity index (χ4v) is 2.18. The summed E-state index contributed by atoms with van der Waals surface area (Å²) < 4.78 is 13.0. The predicted octanol–water partition coefficient (Wildman–Crippen LogP) is 4.29. The zero-order valence-corrected chi connectivity index (χ0v) is 12.2. The Bertz CT molecular complexity index is 366. The Morgan fingerprint density at radius 1 is 1.28 bits per heavy atom. The number of hydrogen-bond donors (Lipinski definition) is 1. The number of hydrogen-bond acceptors (Lipinski definition) is 1. The molecular formula is C15H23ClFN. The molecule has 3 heteroatoms. The first-order valence-corrected chi connectivity index (χ1v) is 7.05. The minimum absolute atomic E-state index is 0.269. The lowest BCUT2D eigenvalue weighted by molar-refractivity contribution is 0.437. The van der Waals surface area contributed by atoms with Crippen LogP contribution in [0, 0.1) is 17.7 Å². The van der Waals surface area contributed by atoms with Gasteiger partial charge in [0.25, 0.3) is 0 Å². The van der Waals surface area contributed by atoms with E-state index in [1.54, 1.807) is 6.07 Å². The van der Waals surface area contributed by atoms with Crippen molar-refractivity contribution in [2.24, 2.45) is 11.8 Å². The molecule has 1 unspecified atom stereocenters. The van der Waals surface area contributed by atoms with Gasteiger partial charge in [0.2, 0.25) is 0 Å². The summed E-state index contributed by atoms with van der Waals surface area (Å²) in [7, 11) is 0. The highest BCUT2D eigenvalue weighted by molar-refractivity contribution is 6.31. The summed E-state index contributed by atoms with van der Waals surface area (Å²) in [6.07, 6.45) is 2.00. The second-order valence-corrected chi connectivity index (χ2v) is 5.67. The van der Waals surface area contributed by atoms with Gasteiger partial charge in [0.1, 0.15) is 5.82 Å². The average molecular weight is 272 g/mol. The highest BCUT2D eigenvalue weighted by Crippen LogP contribution is 2.21. The van der Waals surface area contributed by atoms with E-state index in [-0.39, 0.29) is 5.82 Å². The number of nitrogens with one attached hydrogen (secondary N) is 1. The van der Waals surface area contributed by atoms with Crippen molar-refractivity contribution < 1.29 is 4.39 Å². The highest BCUT2D eigenvalue weighted by atomic mass is 35.5. The molecule has 0 aliphatic heterocycles. The van der Waals surface area contributed by atoms with E-state index in [1.807, 2.05) is 0 Å². The molecule has 0 bridgehead atoms. The smallest absolute Gasteiger partial charge is 0.124 e. The molecule has 0 fully saturated rings. The number of halogens is 2. The van der Waals surface area contributed by atoms with Crippen LogP contribution in [0.4, 0.5) is 4.39 Å². The minimum atomic E-state index is -0.269. The third-order valence-electron chi connectivity index (χ3n) is 3.09. The maximum absolute atomic E-state index is 13.0. The second kappa shape index (κ2) is 7.75. The van der Waals surface area contributed by atoms with E-state index in [4.69, 9.17) is 11.6 Å². The maximum Gasteiger partial charge on any atom is 0.124 e. The first kappa shape index (κ1) is 15.5. The topological polar surface area (TPSA) is 12.0 Å². The van der Waals surface area contributed by atoms with Crippen molar-refractivity contribution in [1.82, 2.24) is 5.32 Å². The SMILES string of the molecule is CCC(CNCC(C)C)Cc1ccc(F)cc1Cl. The van der Waals surface area contributed by atoms with Crippen molar-refractivity contribution in [3.05, 3.63) is 34.6 Å². The van der Waals surface area contributed by atoms with Crippen LogP contribution in [-0.4, -0.2) is 13.1 Å². The van der Waals surface area contributed by atoms with E-state index < -0.39 is 0 Å². The van der Waals surface area contributed by atoms with Crippen LogP contribution in [0.1, 0.15) is 32.8 Å². The zero-order chi connectivity index (χ0) is 13.5. The fourth-order valence-electron chi connectivity index (χ4n) is 1.94. The largest absolute Gasteiger partial charge is 0.316 e. The third kappa shape index (κ3) is 5.36. The van der Waals surface area contributed by atoms with Gasteiger partial charge in [-0.2, -0.15) is 0 Å². The monoisotopic (exact) mass is 271 g/mol. The van der Waals surface area contributed by atoms with Crippen LogP contribution in [0.15, 0.2) is 18.2 Å². The van der Waals surface area contributed by atoms with E-state index >= 15 is 0 Å². The van der Waals surface area contributed by atoms with Gasteiger partial charge in [-0.3, -0.25) is 0 Å². The second-order valence-electron chi connectivity index (χ2n) is 5.27. The molecule has 1 aromatic carbocycles. The van der Waals surface area contributed by atoms with Crippen LogP contribution in [0.2, 0.25) is 5.02 Å². The van der Waals surface area contributed by atoms with Crippen LogP contribution in [0.5, 0.6) is 0 Å². The van der Waals surface area contributed by atoms with Crippen molar-refractivity contribution in [3.8, 4) is 0 Å². The molecule has 0 radical (unpaired) electrons. The fraction of sp³-hybridized carbons (Fsp3) is 0.600. The molecule has 0 spiro atoms. The molecule has 0 saturated carbocycles. The quantitative estimate of drug-likeness (QED) is 0.780. The van der Waals surface area contributed by atoms with Gasteiger partial charge in [-0.15, -0.1) is 0 Å². The van der Waals surface area contributed by atoms with Crippen molar-refractivity contribution in [1.29, 1.82) is 0 Å². The van der Waals surface area contributed by atoms with Crippen LogP contribution >= 0.6 is 11.6 Å². The molecule has 0 amide bonds. The summed E-state index contributed by atoms with van der Waals surface area (Å²) in [5.41, 5.74) is 1.04. The molecule has 0 heterocycles. The molecule has 1 N–H and O–H groups in total. The van der Waals surface area contributed by atoms with Gasteiger partial charge in [-0.1, -0.05) is 44.9 Å². The average Bonchev–Trinajstić information content (AvgIpc) is 2.30. The molecule has 1 aromatic rings. The Morgan fingerprint density at radius 3 is 2.56 bits per heavy atom. The van der Waals surface area contributed by atoms with E-state index in [0.717, 1.165) is 31.5 Å². The Kier molecular flexibility index (Phi) is 6.66. The summed E-state index contributed by atoms with van der Waals surface area (Å²) in [6, 6.07) is 4.67. The first-order valence-electron chi connectivity index (χ1n) is 6.67. The molecule has 1 rings (SSSR count). The van der Waals surface area contributed by atoms with E-state index in [0.29, 0.717) is 16.9 Å². The Balaban J connectivity index is 2.51. The molecule has 0 saturated heterocycles. The summed E-state index contributed by atoms with van der Waals surface area (Å²) in [5, 5.41) is 4.01. The van der Waals surface area contributed by atoms with Crippen LogP contribution in [0.25, 0.3) is 0 Å². The molecule has 0 aliphatic carbocycles. The molecule has 1 atom stereocenters. The number of benzene rings is 1.